The Hall–Kier alpha value is -3.06. The molecule has 0 saturated carbocycles. The molecule has 2 N–H and O–H groups in total. The van der Waals surface area contributed by atoms with Gasteiger partial charge in [0.2, 0.25) is 0 Å². The lowest BCUT2D eigenvalue weighted by molar-refractivity contribution is 0.0996. The van der Waals surface area contributed by atoms with Crippen molar-refractivity contribution < 1.29 is 9.18 Å². The van der Waals surface area contributed by atoms with Crippen LogP contribution in [-0.4, -0.2) is 20.4 Å². The van der Waals surface area contributed by atoms with Crippen molar-refractivity contribution in [2.45, 2.75) is 6.54 Å². The molecule has 27 heavy (non-hydrogen) atoms. The van der Waals surface area contributed by atoms with E-state index in [-0.39, 0.29) is 11.5 Å². The molecule has 2 aromatic carbocycles. The van der Waals surface area contributed by atoms with E-state index in [2.05, 4.69) is 25.9 Å². The summed E-state index contributed by atoms with van der Waals surface area (Å²) in [5.41, 5.74) is 8.87. The van der Waals surface area contributed by atoms with E-state index in [1.54, 1.807) is 24.5 Å². The minimum atomic E-state index is -0.607. The van der Waals surface area contributed by atoms with Crippen LogP contribution in [0.25, 0.3) is 22.0 Å². The van der Waals surface area contributed by atoms with Gasteiger partial charge in [-0.25, -0.2) is 14.4 Å². The predicted octanol–water partition coefficient (Wildman–Crippen LogP) is 4.15. The molecule has 0 spiro atoms. The van der Waals surface area contributed by atoms with Gasteiger partial charge >= 0.3 is 0 Å². The number of rotatable bonds is 4. The zero-order chi connectivity index (χ0) is 19.0. The van der Waals surface area contributed by atoms with Crippen molar-refractivity contribution in [3.63, 3.8) is 0 Å². The van der Waals surface area contributed by atoms with Crippen LogP contribution < -0.4 is 5.73 Å². The molecule has 0 aliphatic carbocycles. The number of fused-ring (bicyclic) bond motifs is 1. The summed E-state index contributed by atoms with van der Waals surface area (Å²) in [6.07, 6.45) is 3.60. The molecule has 0 unspecified atom stereocenters. The molecule has 0 aliphatic rings. The van der Waals surface area contributed by atoms with Crippen LogP contribution in [0.3, 0.4) is 0 Å². The highest BCUT2D eigenvalue weighted by Crippen LogP contribution is 2.29. The Morgan fingerprint density at radius 3 is 2.59 bits per heavy atom. The quantitative estimate of drug-likeness (QED) is 0.534. The molecule has 0 saturated heterocycles. The number of carbonyl (C=O) groups is 1. The maximum Gasteiger partial charge on any atom is 0.267 e. The number of aromatic nitrogens is 3. The van der Waals surface area contributed by atoms with E-state index in [9.17, 15) is 9.18 Å². The smallest absolute Gasteiger partial charge is 0.267 e. The number of imidazole rings is 1. The van der Waals surface area contributed by atoms with Gasteiger partial charge in [-0.2, -0.15) is 0 Å². The number of nitrogens with zero attached hydrogens (tertiary/aromatic N) is 3. The molecule has 0 atom stereocenters. The van der Waals surface area contributed by atoms with Gasteiger partial charge in [-0.3, -0.25) is 4.79 Å². The standard InChI is InChI=1S/C20H14BrFN4O/c21-19-10-26(11-24-19)9-12-1-6-15-16(13-2-4-14(22)5-3-13)8-18(20(23)27)25-17(15)7-12/h1-8,10-11H,9H2,(H2,23,27). The third kappa shape index (κ3) is 3.59. The third-order valence-electron chi connectivity index (χ3n) is 4.25. The summed E-state index contributed by atoms with van der Waals surface area (Å²) in [6.45, 7) is 0.614. The van der Waals surface area contributed by atoms with Crippen LogP contribution in [0.15, 0.2) is 65.7 Å². The third-order valence-corrected chi connectivity index (χ3v) is 4.66. The van der Waals surface area contributed by atoms with Gasteiger partial charge in [-0.1, -0.05) is 24.3 Å². The van der Waals surface area contributed by atoms with E-state index in [4.69, 9.17) is 5.73 Å². The van der Waals surface area contributed by atoms with Crippen LogP contribution in [0, 0.1) is 5.82 Å². The number of nitrogens with two attached hydrogens (primary N) is 1. The molecule has 1 amide bonds. The highest BCUT2D eigenvalue weighted by atomic mass is 79.9. The average Bonchev–Trinajstić information content (AvgIpc) is 3.06. The summed E-state index contributed by atoms with van der Waals surface area (Å²) < 4.78 is 16.0. The van der Waals surface area contributed by atoms with Gasteiger partial charge in [-0.05, 0) is 56.9 Å². The second kappa shape index (κ2) is 6.92. The molecular formula is C20H14BrFN4O. The Labute approximate surface area is 162 Å². The van der Waals surface area contributed by atoms with Gasteiger partial charge in [0.15, 0.2) is 0 Å². The SMILES string of the molecule is NC(=O)c1cc(-c2ccc(F)cc2)c2ccc(Cn3cnc(Br)c3)cc2n1. The van der Waals surface area contributed by atoms with Crippen molar-refractivity contribution in [3.05, 3.63) is 82.7 Å². The Morgan fingerprint density at radius 1 is 1.15 bits per heavy atom. The lowest BCUT2D eigenvalue weighted by atomic mass is 9.98. The number of hydrogen-bond donors (Lipinski definition) is 1. The normalized spacial score (nSPS) is 11.0. The molecule has 0 radical (unpaired) electrons. The summed E-state index contributed by atoms with van der Waals surface area (Å²) in [4.78, 5) is 20.3. The minimum Gasteiger partial charge on any atom is -0.364 e. The summed E-state index contributed by atoms with van der Waals surface area (Å²) >= 11 is 3.33. The van der Waals surface area contributed by atoms with E-state index in [1.165, 1.54) is 12.1 Å². The van der Waals surface area contributed by atoms with Crippen LogP contribution in [0.1, 0.15) is 16.1 Å². The molecule has 4 aromatic rings. The fourth-order valence-electron chi connectivity index (χ4n) is 3.00. The van der Waals surface area contributed by atoms with Crippen molar-refractivity contribution in [3.8, 4) is 11.1 Å². The van der Waals surface area contributed by atoms with Crippen molar-refractivity contribution in [2.24, 2.45) is 5.73 Å². The van der Waals surface area contributed by atoms with Gasteiger partial charge in [0, 0.05) is 18.1 Å². The molecule has 7 heteroatoms. The van der Waals surface area contributed by atoms with E-state index in [0.29, 0.717) is 12.1 Å². The van der Waals surface area contributed by atoms with Crippen molar-refractivity contribution >= 4 is 32.7 Å². The first-order chi connectivity index (χ1) is 13.0. The van der Waals surface area contributed by atoms with Crippen LogP contribution in [0.2, 0.25) is 0 Å². The first-order valence-electron chi connectivity index (χ1n) is 8.16. The van der Waals surface area contributed by atoms with Crippen LogP contribution in [0.4, 0.5) is 4.39 Å². The summed E-state index contributed by atoms with van der Waals surface area (Å²) in [5, 5.41) is 0.863. The maximum absolute atomic E-state index is 13.3. The highest BCUT2D eigenvalue weighted by Gasteiger charge is 2.12. The summed E-state index contributed by atoms with van der Waals surface area (Å²) in [5.74, 6) is -0.926. The van der Waals surface area contributed by atoms with Crippen LogP contribution in [0.5, 0.6) is 0 Å². The largest absolute Gasteiger partial charge is 0.364 e. The number of benzene rings is 2. The second-order valence-corrected chi connectivity index (χ2v) is 6.96. The Morgan fingerprint density at radius 2 is 1.93 bits per heavy atom. The van der Waals surface area contributed by atoms with Gasteiger partial charge in [-0.15, -0.1) is 0 Å². The highest BCUT2D eigenvalue weighted by molar-refractivity contribution is 9.10. The van der Waals surface area contributed by atoms with E-state index >= 15 is 0 Å². The second-order valence-electron chi connectivity index (χ2n) is 6.15. The molecule has 134 valence electrons. The Balaban J connectivity index is 1.85. The number of carbonyl (C=O) groups excluding carboxylic acids is 1. The van der Waals surface area contributed by atoms with E-state index in [1.807, 2.05) is 29.0 Å². The van der Waals surface area contributed by atoms with Crippen molar-refractivity contribution in [1.29, 1.82) is 0 Å². The van der Waals surface area contributed by atoms with Gasteiger partial charge in [0.05, 0.1) is 11.8 Å². The number of amides is 1. The van der Waals surface area contributed by atoms with Crippen LogP contribution in [-0.2, 0) is 6.54 Å². The topological polar surface area (TPSA) is 73.8 Å². The molecule has 0 fully saturated rings. The molecular weight excluding hydrogens is 411 g/mol. The Kier molecular flexibility index (Phi) is 4.45. The fraction of sp³-hybridized carbons (Fsp3) is 0.0500. The minimum absolute atomic E-state index is 0.171. The lowest BCUT2D eigenvalue weighted by Gasteiger charge is -2.11. The number of primary amides is 1. The molecule has 4 rings (SSSR count). The molecule has 5 nitrogen and oxygen atoms in total. The molecule has 0 aliphatic heterocycles. The fourth-order valence-corrected chi connectivity index (χ4v) is 3.35. The number of pyridine rings is 1. The van der Waals surface area contributed by atoms with E-state index < -0.39 is 5.91 Å². The molecule has 2 heterocycles. The first-order valence-corrected chi connectivity index (χ1v) is 8.95. The zero-order valence-electron chi connectivity index (χ0n) is 14.1. The van der Waals surface area contributed by atoms with Crippen LogP contribution >= 0.6 is 15.9 Å². The monoisotopic (exact) mass is 424 g/mol. The number of halogens is 2. The van der Waals surface area contributed by atoms with Gasteiger partial charge < -0.3 is 10.3 Å². The Bertz CT molecular complexity index is 1150. The predicted molar refractivity (Wildman–Crippen MR) is 105 cm³/mol. The zero-order valence-corrected chi connectivity index (χ0v) is 15.6. The van der Waals surface area contributed by atoms with Crippen molar-refractivity contribution in [2.75, 3.05) is 0 Å². The van der Waals surface area contributed by atoms with Gasteiger partial charge in [0.1, 0.15) is 16.1 Å². The maximum atomic E-state index is 13.3. The van der Waals surface area contributed by atoms with Crippen molar-refractivity contribution in [1.82, 2.24) is 14.5 Å². The van der Waals surface area contributed by atoms with Gasteiger partial charge in [0.25, 0.3) is 5.91 Å². The van der Waals surface area contributed by atoms with E-state index in [0.717, 1.165) is 26.7 Å². The first kappa shape index (κ1) is 17.4. The average molecular weight is 425 g/mol. The summed E-state index contributed by atoms with van der Waals surface area (Å²) in [7, 11) is 0. The molecule has 2 aromatic heterocycles. The lowest BCUT2D eigenvalue weighted by Crippen LogP contribution is -2.13. The summed E-state index contributed by atoms with van der Waals surface area (Å²) in [6, 6.07) is 13.6. The number of hydrogen-bond acceptors (Lipinski definition) is 3. The molecule has 0 bridgehead atoms.